The maximum atomic E-state index is 11.3. The van der Waals surface area contributed by atoms with Gasteiger partial charge in [0.25, 0.3) is 0 Å². The van der Waals surface area contributed by atoms with Crippen LogP contribution in [0.4, 0.5) is 0 Å². The van der Waals surface area contributed by atoms with Crippen LogP contribution in [-0.2, 0) is 0 Å². The van der Waals surface area contributed by atoms with Crippen LogP contribution in [0.1, 0.15) is 51.0 Å². The van der Waals surface area contributed by atoms with Crippen molar-refractivity contribution in [1.29, 1.82) is 0 Å². The molecule has 1 fully saturated rings. The van der Waals surface area contributed by atoms with Crippen LogP contribution in [0.3, 0.4) is 0 Å². The Balaban J connectivity index is 2.25. The van der Waals surface area contributed by atoms with Gasteiger partial charge in [-0.15, -0.1) is 0 Å². The number of nitrogens with zero attached hydrogens (tertiary/aromatic N) is 1. The first-order valence-corrected chi connectivity index (χ1v) is 7.91. The largest absolute Gasteiger partial charge is 0.150 e. The van der Waals surface area contributed by atoms with E-state index in [0.717, 1.165) is 42.7 Å². The predicted molar refractivity (Wildman–Crippen MR) is 85.9 cm³/mol. The molecule has 0 radical (unpaired) electrons. The van der Waals surface area contributed by atoms with Crippen LogP contribution < -0.4 is 0 Å². The Morgan fingerprint density at radius 3 is 2.70 bits per heavy atom. The predicted octanol–water partition coefficient (Wildman–Crippen LogP) is 5.85. The third-order valence-electron chi connectivity index (χ3n) is 4.11. The number of rotatable bonds is 4. The van der Waals surface area contributed by atoms with Crippen LogP contribution in [0.15, 0.2) is 35.0 Å². The first-order chi connectivity index (χ1) is 9.74. The highest BCUT2D eigenvalue weighted by molar-refractivity contribution is 6.30. The van der Waals surface area contributed by atoms with Gasteiger partial charge in [-0.25, -0.2) is 0 Å². The molecule has 1 aliphatic rings. The molecule has 2 atom stereocenters. The molecule has 0 heterocycles. The zero-order valence-corrected chi connectivity index (χ0v) is 12.8. The minimum Gasteiger partial charge on any atom is -0.150 e. The zero-order chi connectivity index (χ0) is 14.4. The van der Waals surface area contributed by atoms with Gasteiger partial charge in [-0.3, -0.25) is 0 Å². The lowest BCUT2D eigenvalue weighted by atomic mass is 9.87. The van der Waals surface area contributed by atoms with E-state index in [9.17, 15) is 4.91 Å². The molecule has 20 heavy (non-hydrogen) atoms. The number of hydrogen-bond acceptors (Lipinski definition) is 2. The number of nitroso groups, excluding NO2 is 1. The molecule has 0 aliphatic heterocycles. The third-order valence-corrected chi connectivity index (χ3v) is 4.36. The molecule has 2 unspecified atom stereocenters. The first-order valence-electron chi connectivity index (χ1n) is 7.53. The van der Waals surface area contributed by atoms with E-state index in [0.29, 0.717) is 5.92 Å². The average molecular weight is 292 g/mol. The number of halogens is 1. The Morgan fingerprint density at radius 2 is 2.05 bits per heavy atom. The highest BCUT2D eigenvalue weighted by atomic mass is 35.5. The quantitative estimate of drug-likeness (QED) is 0.505. The Morgan fingerprint density at radius 1 is 1.30 bits per heavy atom. The van der Waals surface area contributed by atoms with Gasteiger partial charge in [0.2, 0.25) is 0 Å². The van der Waals surface area contributed by atoms with Crippen LogP contribution in [0, 0.1) is 10.8 Å². The summed E-state index contributed by atoms with van der Waals surface area (Å²) in [6.07, 6.45) is 8.82. The lowest BCUT2D eigenvalue weighted by Gasteiger charge is -2.20. The molecular weight excluding hydrogens is 270 g/mol. The minimum absolute atomic E-state index is 0.145. The van der Waals surface area contributed by atoms with Gasteiger partial charge in [0, 0.05) is 5.02 Å². The molecule has 1 aliphatic carbocycles. The zero-order valence-electron chi connectivity index (χ0n) is 12.0. The van der Waals surface area contributed by atoms with E-state index in [2.05, 4.69) is 18.2 Å². The van der Waals surface area contributed by atoms with Crippen LogP contribution in [0.5, 0.6) is 0 Å². The summed E-state index contributed by atoms with van der Waals surface area (Å²) in [5, 5.41) is 4.20. The summed E-state index contributed by atoms with van der Waals surface area (Å²) >= 11 is 5.91. The summed E-state index contributed by atoms with van der Waals surface area (Å²) in [5.41, 5.74) is 2.30. The second kappa shape index (κ2) is 7.58. The SMILES string of the molecule is CCCC1CCCCC(=Cc2ccc(Cl)cc2)C1N=O. The molecule has 0 spiro atoms. The second-order valence-corrected chi connectivity index (χ2v) is 6.05. The third kappa shape index (κ3) is 3.92. The van der Waals surface area contributed by atoms with Crippen molar-refractivity contribution < 1.29 is 0 Å². The lowest BCUT2D eigenvalue weighted by Crippen LogP contribution is -2.19. The van der Waals surface area contributed by atoms with Gasteiger partial charge in [0.1, 0.15) is 6.04 Å². The van der Waals surface area contributed by atoms with Gasteiger partial charge in [0.05, 0.1) is 0 Å². The van der Waals surface area contributed by atoms with Crippen molar-refractivity contribution in [3.63, 3.8) is 0 Å². The normalized spacial score (nSPS) is 25.4. The Hall–Kier alpha value is -1.15. The molecule has 1 aromatic carbocycles. The molecule has 0 saturated heterocycles. The smallest absolute Gasteiger partial charge is 0.116 e. The molecule has 0 N–H and O–H groups in total. The number of benzene rings is 1. The van der Waals surface area contributed by atoms with E-state index in [1.807, 2.05) is 24.3 Å². The van der Waals surface area contributed by atoms with Gasteiger partial charge in [-0.05, 0) is 54.9 Å². The molecular formula is C17H22ClNO. The van der Waals surface area contributed by atoms with Crippen molar-refractivity contribution in [1.82, 2.24) is 0 Å². The molecule has 0 amide bonds. The van der Waals surface area contributed by atoms with Crippen molar-refractivity contribution in [3.05, 3.63) is 45.3 Å². The monoisotopic (exact) mass is 291 g/mol. The topological polar surface area (TPSA) is 29.4 Å². The lowest BCUT2D eigenvalue weighted by molar-refractivity contribution is 0.402. The molecule has 2 rings (SSSR count). The molecule has 108 valence electrons. The van der Waals surface area contributed by atoms with Crippen molar-refractivity contribution in [2.45, 2.75) is 51.5 Å². The molecule has 0 bridgehead atoms. The summed E-state index contributed by atoms with van der Waals surface area (Å²) in [6, 6.07) is 7.62. The van der Waals surface area contributed by atoms with E-state index in [4.69, 9.17) is 11.6 Å². The summed E-state index contributed by atoms with van der Waals surface area (Å²) in [7, 11) is 0. The maximum Gasteiger partial charge on any atom is 0.116 e. The fourth-order valence-corrected chi connectivity index (χ4v) is 3.23. The van der Waals surface area contributed by atoms with E-state index in [-0.39, 0.29) is 6.04 Å². The van der Waals surface area contributed by atoms with Gasteiger partial charge >= 0.3 is 0 Å². The van der Waals surface area contributed by atoms with Crippen molar-refractivity contribution in [3.8, 4) is 0 Å². The Kier molecular flexibility index (Phi) is 5.78. The van der Waals surface area contributed by atoms with Crippen molar-refractivity contribution >= 4 is 17.7 Å². The van der Waals surface area contributed by atoms with Crippen LogP contribution in [0.2, 0.25) is 5.02 Å². The van der Waals surface area contributed by atoms with E-state index >= 15 is 0 Å². The standard InChI is InChI=1S/C17H22ClNO/c1-2-5-14-6-3-4-7-15(17(14)19-20)12-13-8-10-16(18)11-9-13/h8-12,14,17H,2-7H2,1H3. The summed E-state index contributed by atoms with van der Waals surface area (Å²) in [6.45, 7) is 2.18. The van der Waals surface area contributed by atoms with Gasteiger partial charge in [0.15, 0.2) is 0 Å². The Bertz CT molecular complexity index is 466. The van der Waals surface area contributed by atoms with E-state index in [1.165, 1.54) is 12.0 Å². The van der Waals surface area contributed by atoms with E-state index in [1.54, 1.807) is 0 Å². The highest BCUT2D eigenvalue weighted by Gasteiger charge is 2.27. The highest BCUT2D eigenvalue weighted by Crippen LogP contribution is 2.34. The van der Waals surface area contributed by atoms with Crippen molar-refractivity contribution in [2.75, 3.05) is 0 Å². The van der Waals surface area contributed by atoms with Crippen LogP contribution >= 0.6 is 11.6 Å². The van der Waals surface area contributed by atoms with Gasteiger partial charge in [-0.1, -0.05) is 54.8 Å². The average Bonchev–Trinajstić information content (AvgIpc) is 2.64. The van der Waals surface area contributed by atoms with Crippen LogP contribution in [-0.4, -0.2) is 6.04 Å². The fourth-order valence-electron chi connectivity index (χ4n) is 3.10. The molecule has 1 saturated carbocycles. The van der Waals surface area contributed by atoms with Crippen LogP contribution in [0.25, 0.3) is 6.08 Å². The van der Waals surface area contributed by atoms with Crippen molar-refractivity contribution in [2.24, 2.45) is 11.1 Å². The molecule has 3 heteroatoms. The summed E-state index contributed by atoms with van der Waals surface area (Å²) < 4.78 is 0. The summed E-state index contributed by atoms with van der Waals surface area (Å²) in [4.78, 5) is 11.3. The summed E-state index contributed by atoms with van der Waals surface area (Å²) in [5.74, 6) is 0.415. The molecule has 2 nitrogen and oxygen atoms in total. The minimum atomic E-state index is -0.145. The maximum absolute atomic E-state index is 11.3. The fraction of sp³-hybridized carbons (Fsp3) is 0.529. The first kappa shape index (κ1) is 15.2. The second-order valence-electron chi connectivity index (χ2n) is 5.62. The number of hydrogen-bond donors (Lipinski definition) is 0. The van der Waals surface area contributed by atoms with Gasteiger partial charge in [-0.2, -0.15) is 4.91 Å². The van der Waals surface area contributed by atoms with E-state index < -0.39 is 0 Å². The molecule has 1 aromatic rings. The molecule has 0 aromatic heterocycles. The van der Waals surface area contributed by atoms with Gasteiger partial charge < -0.3 is 0 Å². The Labute approximate surface area is 126 Å².